The Bertz CT molecular complexity index is 3480. The molecule has 3 aromatic heterocycles. The number of aliphatic hydroxyl groups excluding tert-OH is 1. The topological polar surface area (TPSA) is 451 Å². The molecule has 28 nitrogen and oxygen atoms in total. The zero-order valence-electron chi connectivity index (χ0n) is 49.3. The Labute approximate surface area is 515 Å². The van der Waals surface area contributed by atoms with Gasteiger partial charge in [0.1, 0.15) is 48.3 Å². The van der Waals surface area contributed by atoms with Gasteiger partial charge in [0.2, 0.25) is 65.4 Å². The number of carbonyl (C=O) groups is 11. The van der Waals surface area contributed by atoms with Gasteiger partial charge in [-0.3, -0.25) is 62.4 Å². The number of H-pyrrole nitrogens is 3. The van der Waals surface area contributed by atoms with Crippen LogP contribution in [-0.4, -0.2) is 174 Å². The number of thioether (sulfide) groups is 1. The minimum atomic E-state index is -1.81. The Balaban J connectivity index is 1.26. The fourth-order valence-electron chi connectivity index (χ4n) is 9.81. The molecule has 0 aliphatic carbocycles. The fourth-order valence-corrected chi connectivity index (χ4v) is 10.3. The van der Waals surface area contributed by atoms with Crippen molar-refractivity contribution in [3.8, 4) is 0 Å². The lowest BCUT2D eigenvalue weighted by atomic mass is 9.99. The second-order valence-electron chi connectivity index (χ2n) is 21.5. The first-order valence-corrected chi connectivity index (χ1v) is 29.8. The van der Waals surface area contributed by atoms with Crippen LogP contribution in [0.3, 0.4) is 0 Å². The summed E-state index contributed by atoms with van der Waals surface area (Å²) in [5, 5.41) is 29.1. The third kappa shape index (κ3) is 19.4. The predicted octanol–water partition coefficient (Wildman–Crippen LogP) is -1.63. The minimum absolute atomic E-state index is 0.0742. The number of nitrogens with one attached hydrogen (secondary N) is 10. The largest absolute Gasteiger partial charge is 0.394 e. The lowest BCUT2D eigenvalue weighted by molar-refractivity contribution is -0.148. The molecule has 0 aliphatic heterocycles. The molecule has 473 valence electrons. The van der Waals surface area contributed by atoms with Gasteiger partial charge in [-0.15, -0.1) is 0 Å². The maximum Gasteiger partial charge on any atom is 0.252 e. The molecule has 0 bridgehead atoms. The molecule has 9 atom stereocenters. The molecule has 0 saturated carbocycles. The summed E-state index contributed by atoms with van der Waals surface area (Å²) in [6.45, 7) is 3.30. The van der Waals surface area contributed by atoms with Crippen LogP contribution < -0.4 is 54.4 Å². The van der Waals surface area contributed by atoms with Gasteiger partial charge in [0.05, 0.1) is 37.5 Å². The first-order valence-electron chi connectivity index (χ1n) is 28.4. The molecule has 11 amide bonds. The van der Waals surface area contributed by atoms with E-state index in [0.717, 1.165) is 6.92 Å². The number of imide groups is 1. The van der Waals surface area contributed by atoms with Crippen molar-refractivity contribution in [2.24, 2.45) is 23.1 Å². The molecule has 6 aromatic rings. The quantitative estimate of drug-likeness (QED) is 0.0216. The summed E-state index contributed by atoms with van der Waals surface area (Å²) >= 11 is 1.29. The molecule has 1 radical (unpaired) electrons. The summed E-state index contributed by atoms with van der Waals surface area (Å²) in [5.74, 6) is -11.5. The number of aromatic amines is 3. The first-order chi connectivity index (χ1) is 42.5. The van der Waals surface area contributed by atoms with E-state index in [0.29, 0.717) is 43.4 Å². The first kappa shape index (κ1) is 68.4. The van der Waals surface area contributed by atoms with Gasteiger partial charge in [-0.25, -0.2) is 4.98 Å². The molecule has 0 aliphatic rings. The number of aliphatic hydroxyl groups is 1. The zero-order valence-corrected chi connectivity index (χ0v) is 50.1. The van der Waals surface area contributed by atoms with Crippen LogP contribution in [0.2, 0.25) is 0 Å². The molecular weight excluding hydrogens is 1170 g/mol. The Kier molecular flexibility index (Phi) is 25.2. The normalized spacial score (nSPS) is 14.3. The lowest BCUT2D eigenvalue weighted by Crippen LogP contribution is -2.61. The van der Waals surface area contributed by atoms with E-state index in [1.54, 1.807) is 118 Å². The number of fused-ring (bicyclic) bond motifs is 2. The van der Waals surface area contributed by atoms with Crippen LogP contribution in [0.4, 0.5) is 0 Å². The van der Waals surface area contributed by atoms with Crippen molar-refractivity contribution < 1.29 is 62.6 Å². The van der Waals surface area contributed by atoms with Gasteiger partial charge in [0.15, 0.2) is 0 Å². The summed E-state index contributed by atoms with van der Waals surface area (Å²) in [5.41, 5.74) is 20.6. The molecule has 3 aromatic carbocycles. The summed E-state index contributed by atoms with van der Waals surface area (Å²) in [7, 11) is 0. The highest BCUT2D eigenvalue weighted by molar-refractivity contribution is 7.98. The van der Waals surface area contributed by atoms with E-state index in [1.165, 1.54) is 24.3 Å². The maximum atomic E-state index is 14.9. The van der Waals surface area contributed by atoms with Crippen molar-refractivity contribution in [3.63, 3.8) is 0 Å². The number of rotatable bonds is 34. The standard InChI is InChI=1S/C60H74N15O13S/c1-32(2)50(30-77)75(33(3)78)60(88)48(22-36-27-66-42-17-11-9-15-39(36)42)73-58(86)47(25-52(63)80)71-54(82)43(18-19-89-4)68-55(83)44(21-35-26-65-41-16-10-8-14-38(35)41)69-56(84)45(23-37-28-64-31-67-37)70-57(85)46(24-51(62)79)72-59(87)49(29-76)74-53(81)40(61)20-34-12-6-5-7-13-34/h5-17,26-28,31-32,40,43-50,65-66,76H,18-25,29,61H2,1-4H3,(H2,62,79)(H2,63,80)(H,64,67)(H,68,83)(H,69,84)(H,70,85)(H,71,82)(H,72,87)(H,73,86)(H,74,81)/t40-,43-,44-,45-,46-,47-,48-,49-,50+/m0/s1. The molecule has 0 fully saturated rings. The van der Waals surface area contributed by atoms with Gasteiger partial charge in [-0.05, 0) is 59.6 Å². The third-order valence-corrected chi connectivity index (χ3v) is 15.1. The molecule has 6 rings (SSSR count). The minimum Gasteiger partial charge on any atom is -0.394 e. The van der Waals surface area contributed by atoms with Crippen molar-refractivity contribution in [2.75, 3.05) is 18.6 Å². The number of primary amides is 2. The van der Waals surface area contributed by atoms with E-state index in [9.17, 15) is 62.6 Å². The van der Waals surface area contributed by atoms with E-state index in [1.807, 2.05) is 0 Å². The summed E-state index contributed by atoms with van der Waals surface area (Å²) in [6.07, 6.45) is 6.85. The van der Waals surface area contributed by atoms with Gasteiger partial charge in [-0.1, -0.05) is 80.6 Å². The van der Waals surface area contributed by atoms with Gasteiger partial charge in [0.25, 0.3) is 5.91 Å². The fraction of sp³-hybridized carbons (Fsp3) is 0.383. The number of imidazole rings is 1. The Hall–Kier alpha value is -9.74. The van der Waals surface area contributed by atoms with Crippen LogP contribution >= 0.6 is 11.8 Å². The molecule has 17 N–H and O–H groups in total. The predicted molar refractivity (Wildman–Crippen MR) is 327 cm³/mol. The summed E-state index contributed by atoms with van der Waals surface area (Å²) < 4.78 is 0. The Morgan fingerprint density at radius 3 is 1.52 bits per heavy atom. The van der Waals surface area contributed by atoms with Gasteiger partial charge < -0.3 is 74.5 Å². The van der Waals surface area contributed by atoms with Crippen LogP contribution in [0.25, 0.3) is 21.8 Å². The number of aromatic nitrogens is 4. The third-order valence-electron chi connectivity index (χ3n) is 14.4. The number of para-hydroxylation sites is 2. The van der Waals surface area contributed by atoms with Crippen molar-refractivity contribution in [1.82, 2.24) is 62.1 Å². The highest BCUT2D eigenvalue weighted by Gasteiger charge is 2.39. The monoisotopic (exact) mass is 1240 g/mol. The average Bonchev–Trinajstić information content (AvgIpc) is 2.02. The molecular formula is C60H74N15O13S. The maximum absolute atomic E-state index is 14.9. The van der Waals surface area contributed by atoms with Crippen molar-refractivity contribution in [3.05, 3.63) is 126 Å². The molecule has 0 spiro atoms. The van der Waals surface area contributed by atoms with Crippen LogP contribution in [0.15, 0.2) is 104 Å². The zero-order chi connectivity index (χ0) is 64.9. The molecule has 0 saturated heterocycles. The smallest absolute Gasteiger partial charge is 0.252 e. The summed E-state index contributed by atoms with van der Waals surface area (Å²) in [4.78, 5) is 178. The van der Waals surface area contributed by atoms with Gasteiger partial charge >= 0.3 is 0 Å². The van der Waals surface area contributed by atoms with E-state index >= 15 is 0 Å². The second kappa shape index (κ2) is 32.8. The van der Waals surface area contributed by atoms with E-state index < -0.39 is 145 Å². The SMILES string of the molecule is CSCC[C@H](NC(=O)[C@H](Cc1c[nH]c2ccccc12)NC(=O)[C@H](Cc1c[nH]cn1)NC(=O)[C@H](CC(N)=O)NC(=O)[C@H](CO)NC(=O)[C@@H](N)Cc1ccccc1)C(=O)N[C@@H](CC(N)=O)C(=O)N[C@@H](Cc1c[nH]c2ccccc12)C(=O)N(C(C)=O)[C@H]([C]=O)C(C)C. The van der Waals surface area contributed by atoms with Crippen LogP contribution in [-0.2, 0) is 83.2 Å². The van der Waals surface area contributed by atoms with Crippen molar-refractivity contribution in [2.45, 2.75) is 120 Å². The lowest BCUT2D eigenvalue weighted by Gasteiger charge is -2.32. The van der Waals surface area contributed by atoms with Crippen molar-refractivity contribution in [1.29, 1.82) is 0 Å². The highest BCUT2D eigenvalue weighted by Crippen LogP contribution is 2.23. The van der Waals surface area contributed by atoms with Crippen molar-refractivity contribution >= 4 is 105 Å². The highest BCUT2D eigenvalue weighted by atomic mass is 32.2. The van der Waals surface area contributed by atoms with E-state index in [2.05, 4.69) is 57.2 Å². The van der Waals surface area contributed by atoms with Gasteiger partial charge in [0, 0.05) is 66.6 Å². The average molecular weight is 1250 g/mol. The Morgan fingerprint density at radius 2 is 1.03 bits per heavy atom. The number of nitrogens with two attached hydrogens (primary N) is 3. The molecule has 0 unspecified atom stereocenters. The second-order valence-corrected chi connectivity index (χ2v) is 22.4. The Morgan fingerprint density at radius 1 is 0.584 bits per heavy atom. The summed E-state index contributed by atoms with van der Waals surface area (Å²) in [6, 6.07) is 8.75. The van der Waals surface area contributed by atoms with E-state index in [4.69, 9.17) is 17.2 Å². The van der Waals surface area contributed by atoms with Gasteiger partial charge in [-0.2, -0.15) is 11.8 Å². The number of amides is 11. The van der Waals surface area contributed by atoms with Crippen LogP contribution in [0.5, 0.6) is 0 Å². The number of nitrogens with zero attached hydrogens (tertiary/aromatic N) is 2. The molecule has 3 heterocycles. The number of hydrogen-bond donors (Lipinski definition) is 14. The molecule has 29 heteroatoms. The number of carbonyl (C=O) groups excluding carboxylic acids is 12. The van der Waals surface area contributed by atoms with E-state index in [-0.39, 0.29) is 43.6 Å². The number of benzene rings is 3. The van der Waals surface area contributed by atoms with Crippen LogP contribution in [0, 0.1) is 5.92 Å². The van der Waals surface area contributed by atoms with Crippen LogP contribution in [0.1, 0.15) is 62.4 Å². The number of hydrogen-bond acceptors (Lipinski definition) is 16. The molecule has 89 heavy (non-hydrogen) atoms.